The molecule has 2 aromatic rings. The summed E-state index contributed by atoms with van der Waals surface area (Å²) in [5.41, 5.74) is 2.17. The number of carboxylic acids is 1. The smallest absolute Gasteiger partial charge is 0.303 e. The van der Waals surface area contributed by atoms with Crippen molar-refractivity contribution in [3.63, 3.8) is 0 Å². The maximum Gasteiger partial charge on any atom is 0.303 e. The molecule has 0 spiro atoms. The van der Waals surface area contributed by atoms with E-state index in [-0.39, 0.29) is 12.3 Å². The Labute approximate surface area is 118 Å². The lowest BCUT2D eigenvalue weighted by Crippen LogP contribution is -2.10. The van der Waals surface area contributed by atoms with Crippen LogP contribution in [-0.2, 0) is 11.8 Å². The molecule has 104 valence electrons. The SMILES string of the molecule is Cn1ccnc1-c1ccccc1C(CC(=O)O)C1CC1. The molecule has 1 aromatic heterocycles. The quantitative estimate of drug-likeness (QED) is 0.908. The second kappa shape index (κ2) is 5.12. The average Bonchev–Trinajstić information content (AvgIpc) is 3.18. The first kappa shape index (κ1) is 12.9. The van der Waals surface area contributed by atoms with Gasteiger partial charge in [-0.1, -0.05) is 24.3 Å². The standard InChI is InChI=1S/C16H18N2O2/c1-18-9-8-17-16(18)13-5-3-2-4-12(13)14(10-15(19)20)11-6-7-11/h2-5,8-9,11,14H,6-7,10H2,1H3,(H,19,20). The van der Waals surface area contributed by atoms with E-state index in [2.05, 4.69) is 11.1 Å². The van der Waals surface area contributed by atoms with Crippen LogP contribution < -0.4 is 0 Å². The molecule has 0 radical (unpaired) electrons. The second-order valence-corrected chi connectivity index (χ2v) is 5.49. The first-order valence-electron chi connectivity index (χ1n) is 6.95. The van der Waals surface area contributed by atoms with E-state index in [0.717, 1.165) is 29.8 Å². The molecule has 1 unspecified atom stereocenters. The first-order chi connectivity index (χ1) is 9.66. The number of carboxylic acid groups (broad SMARTS) is 1. The van der Waals surface area contributed by atoms with Crippen LogP contribution in [0.2, 0.25) is 0 Å². The minimum atomic E-state index is -0.725. The number of hydrogen-bond donors (Lipinski definition) is 1. The van der Waals surface area contributed by atoms with Crippen LogP contribution in [-0.4, -0.2) is 20.6 Å². The molecule has 0 bridgehead atoms. The van der Waals surface area contributed by atoms with Gasteiger partial charge >= 0.3 is 5.97 Å². The number of benzene rings is 1. The van der Waals surface area contributed by atoms with Gasteiger partial charge in [-0.05, 0) is 30.2 Å². The third-order valence-corrected chi connectivity index (χ3v) is 4.01. The number of rotatable bonds is 5. The molecule has 1 aromatic carbocycles. The molecule has 1 aliphatic rings. The summed E-state index contributed by atoms with van der Waals surface area (Å²) in [4.78, 5) is 15.6. The Morgan fingerprint density at radius 2 is 2.20 bits per heavy atom. The van der Waals surface area contributed by atoms with Gasteiger partial charge in [-0.3, -0.25) is 4.79 Å². The van der Waals surface area contributed by atoms with Gasteiger partial charge in [0.05, 0.1) is 6.42 Å². The highest BCUT2D eigenvalue weighted by molar-refractivity contribution is 5.70. The normalized spacial score (nSPS) is 16.1. The van der Waals surface area contributed by atoms with Gasteiger partial charge in [0.2, 0.25) is 0 Å². The van der Waals surface area contributed by atoms with E-state index >= 15 is 0 Å². The second-order valence-electron chi connectivity index (χ2n) is 5.49. The third kappa shape index (κ3) is 2.46. The largest absolute Gasteiger partial charge is 0.481 e. The van der Waals surface area contributed by atoms with Crippen molar-refractivity contribution in [3.05, 3.63) is 42.2 Å². The van der Waals surface area contributed by atoms with E-state index in [1.165, 1.54) is 0 Å². The van der Waals surface area contributed by atoms with Gasteiger partial charge < -0.3 is 9.67 Å². The highest BCUT2D eigenvalue weighted by Gasteiger charge is 2.35. The van der Waals surface area contributed by atoms with Gasteiger partial charge in [-0.2, -0.15) is 0 Å². The number of nitrogens with zero attached hydrogens (tertiary/aromatic N) is 2. The van der Waals surface area contributed by atoms with Gasteiger partial charge in [-0.15, -0.1) is 0 Å². The van der Waals surface area contributed by atoms with Crippen molar-refractivity contribution in [2.24, 2.45) is 13.0 Å². The van der Waals surface area contributed by atoms with Crippen molar-refractivity contribution in [2.75, 3.05) is 0 Å². The monoisotopic (exact) mass is 270 g/mol. The van der Waals surface area contributed by atoms with Crippen molar-refractivity contribution >= 4 is 5.97 Å². The Bertz CT molecular complexity index is 629. The molecule has 1 aliphatic carbocycles. The Morgan fingerprint density at radius 1 is 1.45 bits per heavy atom. The van der Waals surface area contributed by atoms with E-state index in [4.69, 9.17) is 0 Å². The molecular formula is C16H18N2O2. The molecule has 4 nitrogen and oxygen atoms in total. The fourth-order valence-electron chi connectivity index (χ4n) is 2.87. The Morgan fingerprint density at radius 3 is 2.80 bits per heavy atom. The zero-order chi connectivity index (χ0) is 14.1. The van der Waals surface area contributed by atoms with E-state index < -0.39 is 5.97 Å². The van der Waals surface area contributed by atoms with Gasteiger partial charge in [0.15, 0.2) is 0 Å². The molecule has 0 aliphatic heterocycles. The minimum absolute atomic E-state index is 0.0976. The molecule has 3 rings (SSSR count). The summed E-state index contributed by atoms with van der Waals surface area (Å²) in [6.45, 7) is 0. The molecule has 1 atom stereocenters. The fourth-order valence-corrected chi connectivity index (χ4v) is 2.87. The summed E-state index contributed by atoms with van der Waals surface area (Å²) in [5, 5.41) is 9.18. The van der Waals surface area contributed by atoms with Crippen LogP contribution in [0.4, 0.5) is 0 Å². The van der Waals surface area contributed by atoms with Crippen molar-refractivity contribution < 1.29 is 9.90 Å². The van der Waals surface area contributed by atoms with Crippen LogP contribution in [0.5, 0.6) is 0 Å². The number of aliphatic carboxylic acids is 1. The molecule has 1 N–H and O–H groups in total. The van der Waals surface area contributed by atoms with Crippen molar-refractivity contribution in [1.29, 1.82) is 0 Å². The van der Waals surface area contributed by atoms with E-state index in [9.17, 15) is 9.90 Å². The lowest BCUT2D eigenvalue weighted by atomic mass is 9.87. The summed E-state index contributed by atoms with van der Waals surface area (Å²) in [5.74, 6) is 0.779. The number of aryl methyl sites for hydroxylation is 1. The minimum Gasteiger partial charge on any atom is -0.481 e. The predicted octanol–water partition coefficient (Wildman–Crippen LogP) is 3.06. The molecule has 1 heterocycles. The zero-order valence-corrected chi connectivity index (χ0v) is 11.5. The first-order valence-corrected chi connectivity index (χ1v) is 6.95. The van der Waals surface area contributed by atoms with Crippen LogP contribution in [0.1, 0.15) is 30.7 Å². The predicted molar refractivity (Wildman–Crippen MR) is 76.4 cm³/mol. The summed E-state index contributed by atoms with van der Waals surface area (Å²) in [6.07, 6.45) is 6.15. The van der Waals surface area contributed by atoms with E-state index in [1.54, 1.807) is 6.20 Å². The summed E-state index contributed by atoms with van der Waals surface area (Å²) >= 11 is 0. The summed E-state index contributed by atoms with van der Waals surface area (Å²) < 4.78 is 1.98. The highest BCUT2D eigenvalue weighted by Crippen LogP contribution is 2.46. The maximum absolute atomic E-state index is 11.2. The van der Waals surface area contributed by atoms with Gasteiger partial charge in [0.1, 0.15) is 5.82 Å². The number of hydrogen-bond acceptors (Lipinski definition) is 2. The Balaban J connectivity index is 2.04. The molecule has 0 amide bonds. The number of carbonyl (C=O) groups is 1. The van der Waals surface area contributed by atoms with Gasteiger partial charge in [0.25, 0.3) is 0 Å². The molecule has 4 heteroatoms. The van der Waals surface area contributed by atoms with Crippen LogP contribution in [0, 0.1) is 5.92 Å². The van der Waals surface area contributed by atoms with Crippen LogP contribution in [0.3, 0.4) is 0 Å². The fraction of sp³-hybridized carbons (Fsp3) is 0.375. The van der Waals surface area contributed by atoms with E-state index in [1.807, 2.05) is 36.0 Å². The van der Waals surface area contributed by atoms with Gasteiger partial charge in [-0.25, -0.2) is 4.98 Å². The summed E-state index contributed by atoms with van der Waals surface area (Å²) in [6, 6.07) is 8.06. The third-order valence-electron chi connectivity index (χ3n) is 4.01. The molecule has 1 saturated carbocycles. The molecule has 1 fully saturated rings. The van der Waals surface area contributed by atoms with Crippen molar-refractivity contribution in [2.45, 2.75) is 25.2 Å². The van der Waals surface area contributed by atoms with Crippen LogP contribution in [0.15, 0.2) is 36.7 Å². The Hall–Kier alpha value is -2.10. The van der Waals surface area contributed by atoms with E-state index in [0.29, 0.717) is 5.92 Å². The topological polar surface area (TPSA) is 55.1 Å². The summed E-state index contributed by atoms with van der Waals surface area (Å²) in [7, 11) is 1.96. The van der Waals surface area contributed by atoms with Crippen LogP contribution in [0.25, 0.3) is 11.4 Å². The van der Waals surface area contributed by atoms with Gasteiger partial charge in [0, 0.05) is 25.0 Å². The molecule has 0 saturated heterocycles. The Kier molecular flexibility index (Phi) is 3.30. The zero-order valence-electron chi connectivity index (χ0n) is 11.5. The lowest BCUT2D eigenvalue weighted by molar-refractivity contribution is -0.137. The number of imidazole rings is 1. The average molecular weight is 270 g/mol. The highest BCUT2D eigenvalue weighted by atomic mass is 16.4. The number of aromatic nitrogens is 2. The van der Waals surface area contributed by atoms with Crippen molar-refractivity contribution in [3.8, 4) is 11.4 Å². The maximum atomic E-state index is 11.2. The van der Waals surface area contributed by atoms with Crippen LogP contribution >= 0.6 is 0 Å². The molecular weight excluding hydrogens is 252 g/mol. The lowest BCUT2D eigenvalue weighted by Gasteiger charge is -2.18. The van der Waals surface area contributed by atoms with Crippen molar-refractivity contribution in [1.82, 2.24) is 9.55 Å². The molecule has 20 heavy (non-hydrogen) atoms.